The average Bonchev–Trinajstić information content (AvgIpc) is 2.49. The molecule has 0 aromatic carbocycles. The summed E-state index contributed by atoms with van der Waals surface area (Å²) in [5, 5.41) is 2.79. The van der Waals surface area contributed by atoms with Gasteiger partial charge in [-0.2, -0.15) is 0 Å². The Bertz CT molecular complexity index is 347. The van der Waals surface area contributed by atoms with Crippen molar-refractivity contribution in [3.63, 3.8) is 0 Å². The van der Waals surface area contributed by atoms with Gasteiger partial charge in [0.05, 0.1) is 17.9 Å². The molecule has 2 amide bonds. The second-order valence-electron chi connectivity index (χ2n) is 3.56. The molecule has 2 rings (SSSR count). The van der Waals surface area contributed by atoms with E-state index in [9.17, 15) is 4.79 Å². The fourth-order valence-corrected chi connectivity index (χ4v) is 1.59. The van der Waals surface area contributed by atoms with Crippen LogP contribution in [0.1, 0.15) is 12.6 Å². The van der Waals surface area contributed by atoms with Crippen molar-refractivity contribution in [1.29, 1.82) is 0 Å². The minimum Gasteiger partial charge on any atom is -0.336 e. The number of carbonyl (C=O) groups is 1. The van der Waals surface area contributed by atoms with Crippen LogP contribution >= 0.6 is 0 Å². The number of pyridine rings is 1. The Kier molecular flexibility index (Phi) is 2.11. The van der Waals surface area contributed by atoms with Gasteiger partial charge in [0.1, 0.15) is 0 Å². The monoisotopic (exact) mass is 191 g/mol. The molecule has 0 saturated carbocycles. The van der Waals surface area contributed by atoms with Crippen molar-refractivity contribution in [2.75, 3.05) is 11.4 Å². The minimum absolute atomic E-state index is 0.0387. The van der Waals surface area contributed by atoms with E-state index in [1.807, 2.05) is 26.0 Å². The van der Waals surface area contributed by atoms with Crippen molar-refractivity contribution >= 4 is 11.7 Å². The third kappa shape index (κ3) is 1.43. The molecule has 1 aliphatic rings. The lowest BCUT2D eigenvalue weighted by atomic mass is 10.3. The van der Waals surface area contributed by atoms with Gasteiger partial charge in [-0.05, 0) is 26.0 Å². The number of nitrogens with one attached hydrogen (secondary N) is 1. The molecular weight excluding hydrogens is 178 g/mol. The van der Waals surface area contributed by atoms with E-state index < -0.39 is 0 Å². The van der Waals surface area contributed by atoms with Crippen LogP contribution in [0.5, 0.6) is 0 Å². The third-order valence-corrected chi connectivity index (χ3v) is 2.38. The highest BCUT2D eigenvalue weighted by atomic mass is 16.2. The molecule has 0 radical (unpaired) electrons. The molecule has 1 aliphatic heterocycles. The van der Waals surface area contributed by atoms with Crippen LogP contribution in [0.2, 0.25) is 0 Å². The number of aromatic nitrogens is 1. The van der Waals surface area contributed by atoms with Crippen LogP contribution in [0, 0.1) is 6.92 Å². The topological polar surface area (TPSA) is 45.2 Å². The van der Waals surface area contributed by atoms with Crippen LogP contribution < -0.4 is 10.2 Å². The molecule has 4 heteroatoms. The Morgan fingerprint density at radius 1 is 1.57 bits per heavy atom. The van der Waals surface area contributed by atoms with Crippen LogP contribution in [-0.4, -0.2) is 23.6 Å². The summed E-state index contributed by atoms with van der Waals surface area (Å²) in [4.78, 5) is 17.4. The number of nitrogens with zero attached hydrogens (tertiary/aromatic N) is 2. The minimum atomic E-state index is -0.0387. The van der Waals surface area contributed by atoms with Crippen molar-refractivity contribution < 1.29 is 4.79 Å². The van der Waals surface area contributed by atoms with E-state index in [1.54, 1.807) is 11.1 Å². The summed E-state index contributed by atoms with van der Waals surface area (Å²) in [6.07, 6.45) is 1.73. The summed E-state index contributed by atoms with van der Waals surface area (Å²) in [6.45, 7) is 4.64. The van der Waals surface area contributed by atoms with Gasteiger partial charge in [-0.15, -0.1) is 0 Å². The van der Waals surface area contributed by atoms with Crippen LogP contribution in [0.15, 0.2) is 18.3 Å². The summed E-state index contributed by atoms with van der Waals surface area (Å²) in [6, 6.07) is 3.99. The van der Waals surface area contributed by atoms with Gasteiger partial charge in [0, 0.05) is 12.2 Å². The second-order valence-corrected chi connectivity index (χ2v) is 3.56. The summed E-state index contributed by atoms with van der Waals surface area (Å²) < 4.78 is 0. The van der Waals surface area contributed by atoms with Crippen molar-refractivity contribution in [3.05, 3.63) is 24.0 Å². The summed E-state index contributed by atoms with van der Waals surface area (Å²) in [7, 11) is 0. The normalized spacial score (nSPS) is 21.1. The zero-order valence-electron chi connectivity index (χ0n) is 8.32. The van der Waals surface area contributed by atoms with Crippen molar-refractivity contribution in [3.8, 4) is 0 Å². The number of rotatable bonds is 1. The molecule has 1 atom stereocenters. The van der Waals surface area contributed by atoms with Crippen LogP contribution in [0.4, 0.5) is 10.5 Å². The molecule has 0 bridgehead atoms. The number of hydrogen-bond donors (Lipinski definition) is 1. The molecule has 4 nitrogen and oxygen atoms in total. The van der Waals surface area contributed by atoms with Crippen molar-refractivity contribution in [1.82, 2.24) is 10.3 Å². The molecule has 0 spiro atoms. The van der Waals surface area contributed by atoms with Gasteiger partial charge in [-0.25, -0.2) is 4.79 Å². The molecule has 1 saturated heterocycles. The van der Waals surface area contributed by atoms with Crippen LogP contribution in [-0.2, 0) is 0 Å². The Labute approximate surface area is 82.9 Å². The molecule has 1 N–H and O–H groups in total. The predicted molar refractivity (Wildman–Crippen MR) is 54.3 cm³/mol. The quantitative estimate of drug-likeness (QED) is 0.727. The lowest BCUT2D eigenvalue weighted by Crippen LogP contribution is -2.32. The van der Waals surface area contributed by atoms with Gasteiger partial charge < -0.3 is 5.32 Å². The largest absolute Gasteiger partial charge is 0.336 e. The first-order chi connectivity index (χ1) is 6.68. The van der Waals surface area contributed by atoms with Gasteiger partial charge in [-0.1, -0.05) is 0 Å². The number of hydrogen-bond acceptors (Lipinski definition) is 2. The van der Waals surface area contributed by atoms with E-state index in [4.69, 9.17) is 0 Å². The number of carbonyl (C=O) groups excluding carboxylic acids is 1. The summed E-state index contributed by atoms with van der Waals surface area (Å²) in [5.74, 6) is 0. The standard InChI is InChI=1S/C10H13N3O/c1-7-3-4-9(6-11-7)13-8(2)5-12-10(13)14/h3-4,6,8H,5H2,1-2H3,(H,12,14)/t8-/m0/s1. The van der Waals surface area contributed by atoms with E-state index in [-0.39, 0.29) is 12.1 Å². The fourth-order valence-electron chi connectivity index (χ4n) is 1.59. The van der Waals surface area contributed by atoms with Gasteiger partial charge in [-0.3, -0.25) is 9.88 Å². The van der Waals surface area contributed by atoms with E-state index in [0.717, 1.165) is 11.4 Å². The van der Waals surface area contributed by atoms with E-state index in [0.29, 0.717) is 6.54 Å². The Morgan fingerprint density at radius 3 is 2.86 bits per heavy atom. The van der Waals surface area contributed by atoms with E-state index >= 15 is 0 Å². The number of amides is 2. The van der Waals surface area contributed by atoms with Gasteiger partial charge >= 0.3 is 6.03 Å². The predicted octanol–water partition coefficient (Wildman–Crippen LogP) is 1.31. The first-order valence-electron chi connectivity index (χ1n) is 4.68. The zero-order valence-corrected chi connectivity index (χ0v) is 8.32. The van der Waals surface area contributed by atoms with Crippen LogP contribution in [0.25, 0.3) is 0 Å². The highest BCUT2D eigenvalue weighted by Crippen LogP contribution is 2.18. The average molecular weight is 191 g/mol. The molecule has 1 aromatic heterocycles. The van der Waals surface area contributed by atoms with Gasteiger partial charge in [0.15, 0.2) is 0 Å². The first-order valence-corrected chi connectivity index (χ1v) is 4.68. The Morgan fingerprint density at radius 2 is 2.36 bits per heavy atom. The summed E-state index contributed by atoms with van der Waals surface area (Å²) >= 11 is 0. The zero-order chi connectivity index (χ0) is 10.1. The highest BCUT2D eigenvalue weighted by Gasteiger charge is 2.28. The molecule has 0 unspecified atom stereocenters. The number of anilines is 1. The molecule has 2 heterocycles. The van der Waals surface area contributed by atoms with Gasteiger partial charge in [0.2, 0.25) is 0 Å². The lowest BCUT2D eigenvalue weighted by Gasteiger charge is -2.19. The highest BCUT2D eigenvalue weighted by molar-refractivity contribution is 5.94. The molecular formula is C10H13N3O. The SMILES string of the molecule is Cc1ccc(N2C(=O)NC[C@@H]2C)cn1. The smallest absolute Gasteiger partial charge is 0.322 e. The van der Waals surface area contributed by atoms with Crippen molar-refractivity contribution in [2.24, 2.45) is 0 Å². The maximum absolute atomic E-state index is 11.5. The maximum atomic E-state index is 11.5. The van der Waals surface area contributed by atoms with Crippen LogP contribution in [0.3, 0.4) is 0 Å². The van der Waals surface area contributed by atoms with Crippen molar-refractivity contribution in [2.45, 2.75) is 19.9 Å². The lowest BCUT2D eigenvalue weighted by molar-refractivity contribution is 0.252. The fraction of sp³-hybridized carbons (Fsp3) is 0.400. The summed E-state index contributed by atoms with van der Waals surface area (Å²) in [5.41, 5.74) is 1.82. The molecule has 1 aromatic rings. The Hall–Kier alpha value is -1.58. The molecule has 0 aliphatic carbocycles. The van der Waals surface area contributed by atoms with E-state index in [2.05, 4.69) is 10.3 Å². The molecule has 14 heavy (non-hydrogen) atoms. The number of aryl methyl sites for hydroxylation is 1. The Balaban J connectivity index is 2.30. The third-order valence-electron chi connectivity index (χ3n) is 2.38. The maximum Gasteiger partial charge on any atom is 0.322 e. The second kappa shape index (κ2) is 3.29. The molecule has 1 fully saturated rings. The number of urea groups is 1. The van der Waals surface area contributed by atoms with Gasteiger partial charge in [0.25, 0.3) is 0 Å². The first kappa shape index (κ1) is 8.99. The van der Waals surface area contributed by atoms with E-state index in [1.165, 1.54) is 0 Å². The molecule has 74 valence electrons.